The molecule has 0 saturated carbocycles. The van der Waals surface area contributed by atoms with Crippen molar-refractivity contribution in [2.24, 2.45) is 11.5 Å². The summed E-state index contributed by atoms with van der Waals surface area (Å²) in [6, 6.07) is 19.5. The Hall–Kier alpha value is -3.73. The van der Waals surface area contributed by atoms with Gasteiger partial charge in [-0.3, -0.25) is 14.9 Å². The van der Waals surface area contributed by atoms with Gasteiger partial charge < -0.3 is 26.0 Å². The van der Waals surface area contributed by atoms with Gasteiger partial charge in [-0.15, -0.1) is 0 Å². The summed E-state index contributed by atoms with van der Waals surface area (Å²) in [5.41, 5.74) is 14.0. The van der Waals surface area contributed by atoms with Crippen molar-refractivity contribution in [2.45, 2.75) is 34.9 Å². The van der Waals surface area contributed by atoms with Gasteiger partial charge in [-0.25, -0.2) is 4.79 Å². The molecular formula is C28H26ClN5O4S. The molecule has 0 aliphatic carbocycles. The predicted molar refractivity (Wildman–Crippen MR) is 150 cm³/mol. The molecule has 0 bridgehead atoms. The van der Waals surface area contributed by atoms with Gasteiger partial charge in [0.25, 0.3) is 0 Å². The molecule has 3 aliphatic rings. The minimum absolute atomic E-state index is 0.128. The van der Waals surface area contributed by atoms with Crippen LogP contribution in [-0.4, -0.2) is 47.4 Å². The number of anilines is 2. The molecule has 2 unspecified atom stereocenters. The number of hydrogen-bond acceptors (Lipinski definition) is 7. The quantitative estimate of drug-likeness (QED) is 0.429. The van der Waals surface area contributed by atoms with Gasteiger partial charge in [0.2, 0.25) is 11.8 Å². The molecule has 200 valence electrons. The monoisotopic (exact) mass is 563 g/mol. The van der Waals surface area contributed by atoms with Crippen molar-refractivity contribution < 1.29 is 19.1 Å². The Labute approximate surface area is 234 Å². The van der Waals surface area contributed by atoms with Gasteiger partial charge in [-0.2, -0.15) is 0 Å². The molecule has 1 spiro atoms. The van der Waals surface area contributed by atoms with Gasteiger partial charge in [-0.1, -0.05) is 53.7 Å². The highest BCUT2D eigenvalue weighted by Crippen LogP contribution is 2.46. The number of nitrogens with two attached hydrogens (primary N) is 2. The second kappa shape index (κ2) is 9.78. The first-order valence-electron chi connectivity index (χ1n) is 12.5. The molecule has 0 aromatic heterocycles. The fraction of sp³-hybridized carbons (Fsp3) is 0.250. The van der Waals surface area contributed by atoms with Crippen molar-refractivity contribution in [3.8, 4) is 0 Å². The molecule has 0 radical (unpaired) electrons. The van der Waals surface area contributed by atoms with Crippen LogP contribution >= 0.6 is 23.4 Å². The van der Waals surface area contributed by atoms with E-state index in [1.165, 1.54) is 11.8 Å². The fourth-order valence-corrected chi connectivity index (χ4v) is 6.94. The van der Waals surface area contributed by atoms with Gasteiger partial charge in [0, 0.05) is 40.4 Å². The van der Waals surface area contributed by atoms with E-state index in [4.69, 9.17) is 27.8 Å². The summed E-state index contributed by atoms with van der Waals surface area (Å²) in [4.78, 5) is 43.0. The van der Waals surface area contributed by atoms with Crippen LogP contribution in [0.15, 0.2) is 71.6 Å². The summed E-state index contributed by atoms with van der Waals surface area (Å²) in [5.74, 6) is -0.654. The maximum absolute atomic E-state index is 14.3. The number of hydrogen-bond donors (Lipinski definition) is 3. The maximum atomic E-state index is 14.3. The second-order valence-corrected chi connectivity index (χ2v) is 11.5. The van der Waals surface area contributed by atoms with Crippen LogP contribution in [0.2, 0.25) is 5.02 Å². The lowest BCUT2D eigenvalue weighted by Crippen LogP contribution is -2.54. The number of primary amides is 1. The molecule has 3 atom stereocenters. The van der Waals surface area contributed by atoms with Crippen LogP contribution < -0.4 is 21.7 Å². The number of ether oxygens (including phenoxy) is 1. The highest BCUT2D eigenvalue weighted by atomic mass is 35.5. The largest absolute Gasteiger partial charge is 0.436 e. The van der Waals surface area contributed by atoms with Gasteiger partial charge in [0.05, 0.1) is 17.9 Å². The van der Waals surface area contributed by atoms with Crippen molar-refractivity contribution in [1.82, 2.24) is 4.90 Å². The summed E-state index contributed by atoms with van der Waals surface area (Å²) < 4.78 is 5.84. The zero-order valence-electron chi connectivity index (χ0n) is 20.8. The second-order valence-electron chi connectivity index (χ2n) is 9.88. The molecule has 3 aliphatic heterocycles. The van der Waals surface area contributed by atoms with E-state index >= 15 is 0 Å². The number of rotatable bonds is 5. The molecule has 9 nitrogen and oxygen atoms in total. The van der Waals surface area contributed by atoms with E-state index in [1.807, 2.05) is 35.2 Å². The average molecular weight is 564 g/mol. The Kier molecular flexibility index (Phi) is 6.41. The lowest BCUT2D eigenvalue weighted by Gasteiger charge is -2.37. The number of thioether (sulfide) groups is 1. The van der Waals surface area contributed by atoms with E-state index in [-0.39, 0.29) is 12.5 Å². The van der Waals surface area contributed by atoms with Gasteiger partial charge in [-0.05, 0) is 42.0 Å². The zero-order valence-corrected chi connectivity index (χ0v) is 22.4. The fourth-order valence-electron chi connectivity index (χ4n) is 5.64. The Morgan fingerprint density at radius 3 is 2.72 bits per heavy atom. The lowest BCUT2D eigenvalue weighted by molar-refractivity contribution is -0.132. The smallest absolute Gasteiger partial charge is 0.412 e. The normalized spacial score (nSPS) is 22.2. The summed E-state index contributed by atoms with van der Waals surface area (Å²) >= 11 is 7.67. The summed E-state index contributed by atoms with van der Waals surface area (Å²) in [6.45, 7) is 0.592. The molecule has 3 aromatic carbocycles. The molecule has 5 N–H and O–H groups in total. The van der Waals surface area contributed by atoms with Crippen molar-refractivity contribution in [2.75, 3.05) is 23.3 Å². The number of amides is 3. The first-order valence-corrected chi connectivity index (χ1v) is 13.8. The number of nitrogens with one attached hydrogen (secondary N) is 1. The molecule has 6 rings (SSSR count). The number of carbonyl (C=O) groups excluding carboxylic acids is 3. The van der Waals surface area contributed by atoms with Crippen molar-refractivity contribution in [1.29, 1.82) is 0 Å². The maximum Gasteiger partial charge on any atom is 0.412 e. The Morgan fingerprint density at radius 2 is 1.95 bits per heavy atom. The van der Waals surface area contributed by atoms with E-state index < -0.39 is 29.1 Å². The highest BCUT2D eigenvalue weighted by Gasteiger charge is 2.50. The van der Waals surface area contributed by atoms with Crippen LogP contribution in [0.25, 0.3) is 0 Å². The van der Waals surface area contributed by atoms with E-state index in [9.17, 15) is 14.4 Å². The molecular weight excluding hydrogens is 538 g/mol. The zero-order chi connectivity index (χ0) is 27.3. The number of likely N-dealkylation sites (tertiary alicyclic amines) is 1. The van der Waals surface area contributed by atoms with E-state index in [2.05, 4.69) is 5.32 Å². The molecule has 3 amide bonds. The Bertz CT molecular complexity index is 1490. The minimum Gasteiger partial charge on any atom is -0.436 e. The molecule has 1 fully saturated rings. The number of halogens is 1. The number of benzene rings is 3. The van der Waals surface area contributed by atoms with Crippen LogP contribution in [0.3, 0.4) is 0 Å². The number of carbonyl (C=O) groups is 3. The first kappa shape index (κ1) is 25.5. The molecule has 3 heterocycles. The van der Waals surface area contributed by atoms with Crippen LogP contribution in [-0.2, 0) is 21.6 Å². The first-order chi connectivity index (χ1) is 18.7. The van der Waals surface area contributed by atoms with Crippen molar-refractivity contribution in [3.63, 3.8) is 0 Å². The molecule has 1 saturated heterocycles. The number of nitrogens with zero attached hydrogens (tertiary/aromatic N) is 2. The molecule has 3 aromatic rings. The van der Waals surface area contributed by atoms with Crippen LogP contribution in [0, 0.1) is 0 Å². The number of fused-ring (bicyclic) bond motifs is 3. The van der Waals surface area contributed by atoms with E-state index in [0.717, 1.165) is 21.7 Å². The van der Waals surface area contributed by atoms with Crippen LogP contribution in [0.5, 0.6) is 0 Å². The topological polar surface area (TPSA) is 131 Å². The van der Waals surface area contributed by atoms with Crippen molar-refractivity contribution >= 4 is 52.6 Å². The van der Waals surface area contributed by atoms with Gasteiger partial charge in [0.15, 0.2) is 5.60 Å². The molecule has 11 heteroatoms. The summed E-state index contributed by atoms with van der Waals surface area (Å²) in [7, 11) is 0. The third kappa shape index (κ3) is 4.58. The molecule has 39 heavy (non-hydrogen) atoms. The third-order valence-electron chi connectivity index (χ3n) is 7.48. The third-order valence-corrected chi connectivity index (χ3v) is 8.76. The van der Waals surface area contributed by atoms with Crippen molar-refractivity contribution in [3.05, 3.63) is 88.4 Å². The minimum atomic E-state index is -0.994. The predicted octanol–water partition coefficient (Wildman–Crippen LogP) is 3.89. The van der Waals surface area contributed by atoms with E-state index in [0.29, 0.717) is 35.7 Å². The van der Waals surface area contributed by atoms with Gasteiger partial charge in [0.1, 0.15) is 11.5 Å². The Morgan fingerprint density at radius 1 is 1.15 bits per heavy atom. The lowest BCUT2D eigenvalue weighted by atomic mass is 9.90. The standard InChI is InChI=1S/C28H26ClN5O4S/c29-18-7-8-20-19(14-18)28(38-27(37)32-20)10-11-33(15-28)25(36)22(12-16-4-2-1-3-5-16)34-21-9-6-17(24(30)35)13-23(21)39-26(34)31/h1-9,13-14,22,26H,10-12,15,31H2,(H2,30,35)(H,32,37)/t22-,26?,28?/m0/s1. The average Bonchev–Trinajstić information content (AvgIpc) is 3.48. The highest BCUT2D eigenvalue weighted by molar-refractivity contribution is 8.00. The van der Waals surface area contributed by atoms with Crippen LogP contribution in [0.1, 0.15) is 27.9 Å². The Balaban J connectivity index is 1.35. The SMILES string of the molecule is NC(=O)c1ccc2c(c1)SC(N)N2[C@@H](Cc1ccccc1)C(=O)N1CCC2(C1)OC(=O)Nc1ccc(Cl)cc12. The van der Waals surface area contributed by atoms with E-state index in [1.54, 1.807) is 41.3 Å². The van der Waals surface area contributed by atoms with Gasteiger partial charge >= 0.3 is 6.09 Å². The van der Waals surface area contributed by atoms with Crippen LogP contribution in [0.4, 0.5) is 16.2 Å². The summed E-state index contributed by atoms with van der Waals surface area (Å²) in [5, 5.41) is 3.25. The summed E-state index contributed by atoms with van der Waals surface area (Å²) in [6.07, 6.45) is 0.298.